The van der Waals surface area contributed by atoms with Gasteiger partial charge in [0.05, 0.1) is 0 Å². The van der Waals surface area contributed by atoms with Crippen LogP contribution in [-0.4, -0.2) is 54.8 Å². The Bertz CT molecular complexity index is 255. The Morgan fingerprint density at radius 2 is 1.83 bits per heavy atom. The first-order chi connectivity index (χ1) is 8.08. The van der Waals surface area contributed by atoms with Gasteiger partial charge in [-0.1, -0.05) is 19.4 Å². The van der Waals surface area contributed by atoms with Crippen molar-refractivity contribution in [2.24, 2.45) is 0 Å². The van der Waals surface area contributed by atoms with Crippen LogP contribution in [0, 0.1) is 0 Å². The minimum Gasteiger partial charge on any atom is -0.810 e. The smallest absolute Gasteiger partial charge is 0.0201 e. The molecule has 0 unspecified atom stereocenters. The van der Waals surface area contributed by atoms with Crippen LogP contribution >= 0.6 is 0 Å². The normalized spacial score (nSPS) is 25.7. The van der Waals surface area contributed by atoms with Gasteiger partial charge in [-0.2, -0.15) is 12.4 Å². The zero-order valence-corrected chi connectivity index (χ0v) is 15.2. The Hall–Kier alpha value is 0.234. The molecule has 1 aliphatic heterocycles. The Labute approximate surface area is 137 Å². The van der Waals surface area contributed by atoms with Crippen LogP contribution in [-0.2, 0) is 32.7 Å². The van der Waals surface area contributed by atoms with Crippen molar-refractivity contribution in [3.63, 3.8) is 0 Å². The van der Waals surface area contributed by atoms with Gasteiger partial charge in [0.25, 0.3) is 0 Å². The summed E-state index contributed by atoms with van der Waals surface area (Å²) in [6.07, 6.45) is 2.25. The van der Waals surface area contributed by atoms with Gasteiger partial charge in [-0.3, -0.25) is 4.90 Å². The molecular weight excluding hydrogens is 301 g/mol. The molecule has 5 heteroatoms. The average molecular weight is 327 g/mol. The molecular formula is C13H26N4Y-2. The van der Waals surface area contributed by atoms with Crippen molar-refractivity contribution in [3.05, 3.63) is 22.9 Å². The molecule has 18 heavy (non-hydrogen) atoms. The van der Waals surface area contributed by atoms with Crippen LogP contribution in [0.3, 0.4) is 0 Å². The van der Waals surface area contributed by atoms with Crippen LogP contribution in [0.2, 0.25) is 0 Å². The van der Waals surface area contributed by atoms with E-state index in [0.29, 0.717) is 24.2 Å². The predicted molar refractivity (Wildman–Crippen MR) is 76.3 cm³/mol. The SMILES string of the molecule is CC.C[C@@H]1CN(C/C(C=[N-])=C/[NH-])[C@H](C)CN1C.[Y]. The van der Waals surface area contributed by atoms with E-state index < -0.39 is 0 Å². The van der Waals surface area contributed by atoms with E-state index in [1.165, 1.54) is 6.20 Å². The van der Waals surface area contributed by atoms with Crippen LogP contribution in [0.25, 0.3) is 11.1 Å². The first kappa shape index (κ1) is 20.5. The van der Waals surface area contributed by atoms with Gasteiger partial charge in [-0.25, -0.2) is 0 Å². The summed E-state index contributed by atoms with van der Waals surface area (Å²) in [6, 6.07) is 1.01. The molecule has 4 nitrogen and oxygen atoms in total. The van der Waals surface area contributed by atoms with E-state index in [1.54, 1.807) is 0 Å². The van der Waals surface area contributed by atoms with E-state index in [2.05, 4.69) is 30.7 Å². The molecule has 0 aromatic rings. The average Bonchev–Trinajstić information content (AvgIpc) is 2.34. The summed E-state index contributed by atoms with van der Waals surface area (Å²) in [5.74, 6) is 0. The van der Waals surface area contributed by atoms with Gasteiger partial charge in [0.2, 0.25) is 0 Å². The second kappa shape index (κ2) is 11.1. The number of piperazine rings is 1. The number of likely N-dealkylation sites (N-methyl/N-ethyl adjacent to an activating group) is 1. The monoisotopic (exact) mass is 327 g/mol. The molecule has 0 spiro atoms. The molecule has 1 heterocycles. The Kier molecular flexibility index (Phi) is 12.7. The molecule has 0 aliphatic carbocycles. The summed E-state index contributed by atoms with van der Waals surface area (Å²) >= 11 is 0. The summed E-state index contributed by atoms with van der Waals surface area (Å²) in [4.78, 5) is 4.64. The molecule has 2 atom stereocenters. The fourth-order valence-corrected chi connectivity index (χ4v) is 1.95. The zero-order valence-electron chi connectivity index (χ0n) is 12.3. The van der Waals surface area contributed by atoms with Crippen LogP contribution in [0.1, 0.15) is 27.7 Å². The maximum atomic E-state index is 8.91. The quantitative estimate of drug-likeness (QED) is 0.748. The zero-order chi connectivity index (χ0) is 13.4. The van der Waals surface area contributed by atoms with Crippen LogP contribution in [0.15, 0.2) is 11.8 Å². The van der Waals surface area contributed by atoms with Crippen LogP contribution < -0.4 is 0 Å². The van der Waals surface area contributed by atoms with Gasteiger partial charge >= 0.3 is 0 Å². The minimum atomic E-state index is 0. The molecule has 1 rings (SSSR count). The predicted octanol–water partition coefficient (Wildman–Crippen LogP) is 2.61. The first-order valence-electron chi connectivity index (χ1n) is 6.36. The van der Waals surface area contributed by atoms with Crippen molar-refractivity contribution in [2.75, 3.05) is 26.7 Å². The Morgan fingerprint density at radius 3 is 2.28 bits per heavy atom. The summed E-state index contributed by atoms with van der Waals surface area (Å²) in [5.41, 5.74) is 7.81. The molecule has 103 valence electrons. The van der Waals surface area contributed by atoms with Crippen molar-refractivity contribution in [1.82, 2.24) is 9.80 Å². The van der Waals surface area contributed by atoms with Gasteiger partial charge in [0.15, 0.2) is 0 Å². The van der Waals surface area contributed by atoms with Crippen molar-refractivity contribution < 1.29 is 32.7 Å². The van der Waals surface area contributed by atoms with E-state index >= 15 is 0 Å². The van der Waals surface area contributed by atoms with Gasteiger partial charge < -0.3 is 16.0 Å². The van der Waals surface area contributed by atoms with E-state index in [1.807, 2.05) is 13.8 Å². The van der Waals surface area contributed by atoms with Crippen LogP contribution in [0.5, 0.6) is 0 Å². The molecule has 1 N–H and O–H groups in total. The number of hydrogen-bond donors (Lipinski definition) is 0. The van der Waals surface area contributed by atoms with Crippen molar-refractivity contribution in [2.45, 2.75) is 39.8 Å². The molecule has 0 aromatic heterocycles. The standard InChI is InChI=1S/C11H20N4.C2H6.Y/c1-9-7-15(8-11(4-12)5-13)10(2)6-14(9)3;1-2;/h4-5,9-10,12H,6-8H2,1-3H3;1-2H3;/q-2;;/b11-4+;;/t9-,10-;;/m1../s1. The number of nitrogens with zero attached hydrogens (tertiary/aromatic N) is 3. The number of nitrogens with one attached hydrogen (secondary N) is 1. The fourth-order valence-electron chi connectivity index (χ4n) is 1.95. The third kappa shape index (κ3) is 6.42. The minimum absolute atomic E-state index is 0. The van der Waals surface area contributed by atoms with Crippen molar-refractivity contribution >= 4 is 6.21 Å². The summed E-state index contributed by atoms with van der Waals surface area (Å²) < 4.78 is 0. The third-order valence-electron chi connectivity index (χ3n) is 3.16. The van der Waals surface area contributed by atoms with Crippen molar-refractivity contribution in [3.8, 4) is 0 Å². The maximum Gasteiger partial charge on any atom is 0.0201 e. The maximum absolute atomic E-state index is 8.91. The molecule has 0 bridgehead atoms. The molecule has 0 aromatic carbocycles. The molecule has 0 amide bonds. The topological polar surface area (TPSA) is 52.6 Å². The molecule has 1 radical (unpaired) electrons. The molecule has 1 aliphatic rings. The second-order valence-corrected chi connectivity index (χ2v) is 4.42. The Morgan fingerprint density at radius 1 is 1.28 bits per heavy atom. The Balaban J connectivity index is 0. The fraction of sp³-hybridized carbons (Fsp3) is 0.769. The van der Waals surface area contributed by atoms with E-state index in [4.69, 9.17) is 11.1 Å². The largest absolute Gasteiger partial charge is 0.810 e. The first-order valence-corrected chi connectivity index (χ1v) is 6.36. The second-order valence-electron chi connectivity index (χ2n) is 4.42. The number of rotatable bonds is 3. The van der Waals surface area contributed by atoms with Gasteiger partial charge in [0.1, 0.15) is 0 Å². The van der Waals surface area contributed by atoms with E-state index in [0.717, 1.165) is 19.3 Å². The number of hydrogen-bond acceptors (Lipinski definition) is 2. The molecule has 1 saturated heterocycles. The van der Waals surface area contributed by atoms with Gasteiger partial charge in [-0.05, 0) is 20.9 Å². The summed E-state index contributed by atoms with van der Waals surface area (Å²) in [5, 5.41) is 8.91. The van der Waals surface area contributed by atoms with Crippen molar-refractivity contribution in [1.29, 1.82) is 0 Å². The van der Waals surface area contributed by atoms with Gasteiger partial charge in [-0.15, -0.1) is 0 Å². The third-order valence-corrected chi connectivity index (χ3v) is 3.16. The van der Waals surface area contributed by atoms with Gasteiger partial charge in [0, 0.05) is 64.4 Å². The molecule has 1 fully saturated rings. The van der Waals surface area contributed by atoms with Crippen LogP contribution in [0.4, 0.5) is 0 Å². The van der Waals surface area contributed by atoms with E-state index in [-0.39, 0.29) is 32.7 Å². The summed E-state index contributed by atoms with van der Waals surface area (Å²) in [6.45, 7) is 11.1. The molecule has 0 saturated carbocycles. The van der Waals surface area contributed by atoms with E-state index in [9.17, 15) is 0 Å². The summed E-state index contributed by atoms with van der Waals surface area (Å²) in [7, 11) is 2.14.